The van der Waals surface area contributed by atoms with Crippen LogP contribution in [0.1, 0.15) is 0 Å². The summed E-state index contributed by atoms with van der Waals surface area (Å²) in [6.45, 7) is 0. The van der Waals surface area contributed by atoms with E-state index in [4.69, 9.17) is 30.6 Å². The van der Waals surface area contributed by atoms with Crippen molar-refractivity contribution < 1.29 is 32.1 Å². The van der Waals surface area contributed by atoms with Gasteiger partial charge in [0.05, 0.1) is 10.2 Å². The van der Waals surface area contributed by atoms with E-state index in [1.807, 2.05) is 0 Å². The maximum atomic E-state index is 8.25. The molecule has 0 aliphatic heterocycles. The average Bonchev–Trinajstić information content (AvgIpc) is 1.25. The quantitative estimate of drug-likeness (QED) is 0.241. The molecule has 0 aromatic heterocycles. The van der Waals surface area contributed by atoms with Crippen molar-refractivity contribution in [1.82, 2.24) is 0 Å². The Morgan fingerprint density at radius 3 is 0.615 bits per heavy atom. The van der Waals surface area contributed by atoms with E-state index in [9.17, 15) is 0 Å². The van der Waals surface area contributed by atoms with Crippen LogP contribution in [0, 0.1) is 30.6 Å². The van der Waals surface area contributed by atoms with Gasteiger partial charge in [0.25, 0.3) is 0 Å². The molecular formula is H8BaN2O10. The standard InChI is InChI=1S/Ba.2NO3.4H2O/c;2*2-1(3)4;;;;/h;;;4*1H2/q+2;2*-1;;;;. The first kappa shape index (κ1) is 52.9. The first-order chi connectivity index (χ1) is 3.46. The predicted molar refractivity (Wildman–Crippen MR) is 40.9 cm³/mol. The molecule has 12 nitrogen and oxygen atoms in total. The van der Waals surface area contributed by atoms with Gasteiger partial charge in [-0.2, -0.15) is 0 Å². The average molecular weight is 333 g/mol. The van der Waals surface area contributed by atoms with E-state index < -0.39 is 10.2 Å². The molecule has 0 atom stereocenters. The normalized spacial score (nSPS) is 3.69. The van der Waals surface area contributed by atoms with Crippen molar-refractivity contribution >= 4 is 48.9 Å². The van der Waals surface area contributed by atoms with E-state index in [-0.39, 0.29) is 70.8 Å². The number of rotatable bonds is 0. The van der Waals surface area contributed by atoms with Crippen LogP contribution >= 0.6 is 0 Å². The molecule has 0 rings (SSSR count). The molecule has 13 heavy (non-hydrogen) atoms. The van der Waals surface area contributed by atoms with Crippen molar-refractivity contribution in [3.8, 4) is 0 Å². The fourth-order valence-corrected chi connectivity index (χ4v) is 0. The molecule has 0 aromatic rings. The molecule has 0 unspecified atom stereocenters. The SMILES string of the molecule is O.O.O.O.O=[N+]([O-])[O-].O=[N+]([O-])[O-].[Ba+2]. The predicted octanol–water partition coefficient (Wildman–Crippen LogP) is -4.16. The third-order valence-electron chi connectivity index (χ3n) is 0. The molecule has 0 amide bonds. The Balaban J connectivity index is -0.00000000800. The molecule has 0 heterocycles. The van der Waals surface area contributed by atoms with Crippen LogP contribution in [0.3, 0.4) is 0 Å². The second kappa shape index (κ2) is 40.9. The zero-order chi connectivity index (χ0) is 7.15. The third-order valence-corrected chi connectivity index (χ3v) is 0. The van der Waals surface area contributed by atoms with Crippen molar-refractivity contribution in [2.75, 3.05) is 0 Å². The molecule has 0 fully saturated rings. The Hall–Kier alpha value is -0.189. The summed E-state index contributed by atoms with van der Waals surface area (Å²) in [6, 6.07) is 0. The Bertz CT molecular complexity index is 70.9. The Labute approximate surface area is 111 Å². The Morgan fingerprint density at radius 1 is 0.615 bits per heavy atom. The Morgan fingerprint density at radius 2 is 0.615 bits per heavy atom. The topological polar surface area (TPSA) is 258 Å². The summed E-state index contributed by atoms with van der Waals surface area (Å²) in [5.41, 5.74) is 0. The molecule has 80 valence electrons. The zero-order valence-corrected chi connectivity index (χ0v) is 10.5. The Kier molecular flexibility index (Phi) is 166. The molecule has 13 heteroatoms. The maximum Gasteiger partial charge on any atom is 2.00 e. The van der Waals surface area contributed by atoms with Crippen molar-refractivity contribution in [3.63, 3.8) is 0 Å². The van der Waals surface area contributed by atoms with Gasteiger partial charge < -0.3 is 52.5 Å². The van der Waals surface area contributed by atoms with Gasteiger partial charge >= 0.3 is 48.9 Å². The zero-order valence-electron chi connectivity index (χ0n) is 6.05. The maximum absolute atomic E-state index is 8.25. The minimum Gasteiger partial charge on any atom is -0.412 e. The van der Waals surface area contributed by atoms with Crippen molar-refractivity contribution in [1.29, 1.82) is 0 Å². The van der Waals surface area contributed by atoms with Gasteiger partial charge in [0, 0.05) is 0 Å². The monoisotopic (exact) mass is 334 g/mol. The van der Waals surface area contributed by atoms with E-state index >= 15 is 0 Å². The molecular weight excluding hydrogens is 325 g/mol. The van der Waals surface area contributed by atoms with Crippen molar-refractivity contribution in [3.05, 3.63) is 30.6 Å². The molecule has 0 radical (unpaired) electrons. The van der Waals surface area contributed by atoms with E-state index in [0.717, 1.165) is 0 Å². The second-order valence-corrected chi connectivity index (χ2v) is 0.447. The fourth-order valence-electron chi connectivity index (χ4n) is 0. The van der Waals surface area contributed by atoms with Crippen LogP contribution < -0.4 is 0 Å². The molecule has 0 aliphatic rings. The molecule has 0 spiro atoms. The smallest absolute Gasteiger partial charge is 0.412 e. The first-order valence-electron chi connectivity index (χ1n) is 1.10. The van der Waals surface area contributed by atoms with Crippen LogP contribution in [-0.4, -0.2) is 81.0 Å². The van der Waals surface area contributed by atoms with Gasteiger partial charge in [0.15, 0.2) is 0 Å². The summed E-state index contributed by atoms with van der Waals surface area (Å²) in [7, 11) is 0. The van der Waals surface area contributed by atoms with Crippen molar-refractivity contribution in [2.45, 2.75) is 0 Å². The van der Waals surface area contributed by atoms with E-state index in [1.165, 1.54) is 0 Å². The molecule has 0 aromatic carbocycles. The van der Waals surface area contributed by atoms with Crippen LogP contribution in [0.5, 0.6) is 0 Å². The van der Waals surface area contributed by atoms with Gasteiger partial charge in [0.2, 0.25) is 0 Å². The van der Waals surface area contributed by atoms with E-state index in [2.05, 4.69) is 0 Å². The molecule has 8 N–H and O–H groups in total. The van der Waals surface area contributed by atoms with E-state index in [0.29, 0.717) is 0 Å². The fraction of sp³-hybridized carbons (Fsp3) is 0. The number of hydrogen-bond acceptors (Lipinski definition) is 6. The molecule has 0 saturated heterocycles. The van der Waals surface area contributed by atoms with Crippen LogP contribution in [-0.2, 0) is 0 Å². The summed E-state index contributed by atoms with van der Waals surface area (Å²) in [6.07, 6.45) is 0. The van der Waals surface area contributed by atoms with Crippen LogP contribution in [0.15, 0.2) is 0 Å². The van der Waals surface area contributed by atoms with Gasteiger partial charge in [-0.15, -0.1) is 0 Å². The minimum atomic E-state index is -1.75. The van der Waals surface area contributed by atoms with Gasteiger partial charge in [-0.3, -0.25) is 0 Å². The largest absolute Gasteiger partial charge is 2.00 e. The van der Waals surface area contributed by atoms with Gasteiger partial charge in [-0.1, -0.05) is 0 Å². The minimum absolute atomic E-state index is 0. The summed E-state index contributed by atoms with van der Waals surface area (Å²) in [5.74, 6) is 0. The molecule has 0 saturated carbocycles. The van der Waals surface area contributed by atoms with Crippen LogP contribution in [0.25, 0.3) is 0 Å². The second-order valence-electron chi connectivity index (χ2n) is 0.447. The third kappa shape index (κ3) is 32000. The number of hydrogen-bond donors (Lipinski definition) is 0. The summed E-state index contributed by atoms with van der Waals surface area (Å²) < 4.78 is 0. The van der Waals surface area contributed by atoms with Gasteiger partial charge in [0.1, 0.15) is 0 Å². The molecule has 0 bridgehead atoms. The summed E-state index contributed by atoms with van der Waals surface area (Å²) >= 11 is 0. The van der Waals surface area contributed by atoms with Gasteiger partial charge in [-0.25, -0.2) is 0 Å². The van der Waals surface area contributed by atoms with Crippen molar-refractivity contribution in [2.24, 2.45) is 0 Å². The van der Waals surface area contributed by atoms with Gasteiger partial charge in [-0.05, 0) is 0 Å². The van der Waals surface area contributed by atoms with Crippen LogP contribution in [0.2, 0.25) is 0 Å². The summed E-state index contributed by atoms with van der Waals surface area (Å²) in [5, 5.41) is 29.5. The summed E-state index contributed by atoms with van der Waals surface area (Å²) in [4.78, 5) is 16.5. The first-order valence-corrected chi connectivity index (χ1v) is 1.10. The van der Waals surface area contributed by atoms with Crippen LogP contribution in [0.4, 0.5) is 0 Å². The molecule has 0 aliphatic carbocycles. The van der Waals surface area contributed by atoms with E-state index in [1.54, 1.807) is 0 Å². The number of nitrogens with zero attached hydrogens (tertiary/aromatic N) is 2.